The highest BCUT2D eigenvalue weighted by Gasteiger charge is 2.43. The number of nitrogens with one attached hydrogen (secondary N) is 2. The molecule has 0 spiro atoms. The lowest BCUT2D eigenvalue weighted by Gasteiger charge is -2.45. The van der Waals surface area contributed by atoms with Gasteiger partial charge in [0.25, 0.3) is 0 Å². The molecule has 3 amide bonds. The number of likely N-dealkylation sites (tertiary alicyclic amines) is 1. The maximum Gasteiger partial charge on any atom is 0.324 e. The third-order valence-electron chi connectivity index (χ3n) is 7.56. The summed E-state index contributed by atoms with van der Waals surface area (Å²) in [5.41, 5.74) is 7.80. The molecule has 1 aromatic heterocycles. The second-order valence-corrected chi connectivity index (χ2v) is 10.9. The molecule has 33 heavy (non-hydrogen) atoms. The zero-order chi connectivity index (χ0) is 23.5. The van der Waals surface area contributed by atoms with Crippen LogP contribution in [0.4, 0.5) is 9.80 Å². The number of hydrogen-bond acceptors (Lipinski definition) is 7. The van der Waals surface area contributed by atoms with E-state index in [0.717, 1.165) is 63.6 Å². The predicted octanol–water partition coefficient (Wildman–Crippen LogP) is 2.33. The average Bonchev–Trinajstić information content (AvgIpc) is 3.12. The van der Waals surface area contributed by atoms with Crippen molar-refractivity contribution in [2.75, 3.05) is 39.0 Å². The number of fused-ring (bicyclic) bond motifs is 2. The number of nitrogen functional groups attached to an aromatic ring is 1. The number of unbranched alkanes of at least 4 members (excludes halogenated alkanes) is 1. The van der Waals surface area contributed by atoms with Crippen molar-refractivity contribution in [3.8, 4) is 6.07 Å². The van der Waals surface area contributed by atoms with E-state index in [2.05, 4.69) is 35.6 Å². The molecule has 3 heterocycles. The number of carbonyl (C=O) groups excluding carboxylic acids is 2. The van der Waals surface area contributed by atoms with Crippen LogP contribution >= 0.6 is 11.3 Å². The molecule has 4 N–H and O–H groups in total. The minimum atomic E-state index is -0.242. The van der Waals surface area contributed by atoms with Gasteiger partial charge in [-0.2, -0.15) is 5.26 Å². The van der Waals surface area contributed by atoms with Crippen molar-refractivity contribution in [2.24, 2.45) is 11.8 Å². The van der Waals surface area contributed by atoms with Gasteiger partial charge in [-0.1, -0.05) is 13.3 Å². The van der Waals surface area contributed by atoms with Gasteiger partial charge in [0.1, 0.15) is 11.1 Å². The Hall–Kier alpha value is -2.15. The topological polar surface area (TPSA) is 114 Å². The molecule has 3 atom stereocenters. The number of nitrogens with two attached hydrogens (primary N) is 1. The Bertz CT molecular complexity index is 919. The van der Waals surface area contributed by atoms with Gasteiger partial charge in [0.2, 0.25) is 5.91 Å². The van der Waals surface area contributed by atoms with E-state index < -0.39 is 0 Å². The fraction of sp³-hybridized carbons (Fsp3) is 0.708. The molecule has 1 aliphatic carbocycles. The number of thiophene rings is 1. The highest BCUT2D eigenvalue weighted by Crippen LogP contribution is 2.43. The van der Waals surface area contributed by atoms with Gasteiger partial charge in [0.15, 0.2) is 0 Å². The number of nitriles is 1. The highest BCUT2D eigenvalue weighted by atomic mass is 32.1. The van der Waals surface area contributed by atoms with Gasteiger partial charge in [-0.05, 0) is 70.1 Å². The Labute approximate surface area is 200 Å². The fourth-order valence-electron chi connectivity index (χ4n) is 5.72. The number of rotatable bonds is 5. The molecular formula is C24H36N6O2S. The van der Waals surface area contributed by atoms with E-state index in [-0.39, 0.29) is 29.8 Å². The number of carbonyl (C=O) groups is 2. The molecule has 8 nitrogen and oxygen atoms in total. The molecule has 2 fully saturated rings. The van der Waals surface area contributed by atoms with E-state index in [4.69, 9.17) is 5.73 Å². The van der Waals surface area contributed by atoms with E-state index in [9.17, 15) is 14.9 Å². The van der Waals surface area contributed by atoms with Gasteiger partial charge in [-0.3, -0.25) is 9.69 Å². The van der Waals surface area contributed by atoms with Crippen LogP contribution in [-0.2, 0) is 17.6 Å². The predicted molar refractivity (Wildman–Crippen MR) is 130 cm³/mol. The van der Waals surface area contributed by atoms with Crippen LogP contribution in [0, 0.1) is 23.2 Å². The maximum absolute atomic E-state index is 13.6. The molecule has 0 unspecified atom stereocenters. The Morgan fingerprint density at radius 1 is 1.33 bits per heavy atom. The van der Waals surface area contributed by atoms with Crippen LogP contribution < -0.4 is 16.4 Å². The van der Waals surface area contributed by atoms with E-state index in [1.54, 1.807) is 0 Å². The molecule has 2 saturated heterocycles. The zero-order valence-electron chi connectivity index (χ0n) is 19.7. The normalized spacial score (nSPS) is 25.5. The first-order valence-corrected chi connectivity index (χ1v) is 13.1. The van der Waals surface area contributed by atoms with Crippen molar-refractivity contribution in [3.05, 3.63) is 16.0 Å². The van der Waals surface area contributed by atoms with Gasteiger partial charge in [0.05, 0.1) is 11.5 Å². The monoisotopic (exact) mass is 472 g/mol. The molecule has 180 valence electrons. The molecule has 4 rings (SSSR count). The maximum atomic E-state index is 13.6. The summed E-state index contributed by atoms with van der Waals surface area (Å²) in [7, 11) is 2.08. The molecule has 3 aliphatic rings. The summed E-state index contributed by atoms with van der Waals surface area (Å²) in [6, 6.07) is 2.51. The molecule has 0 radical (unpaired) electrons. The van der Waals surface area contributed by atoms with Gasteiger partial charge in [0, 0.05) is 30.1 Å². The van der Waals surface area contributed by atoms with Gasteiger partial charge < -0.3 is 21.3 Å². The number of amides is 3. The van der Waals surface area contributed by atoms with Crippen LogP contribution in [0.1, 0.15) is 55.0 Å². The standard InChI is InChI=1S/C24H36N6O2S/c1-3-4-9-30(24(32)28-17-5-7-27-8-6-17)23(31)16-10-15-11-18-19(13-25)22(26)33-21(18)12-20(15)29(2)14-16/h15-17,20,27H,3-12,14,26H2,1-2H3,(H,28,32)/t15-,16-,20-/m1/s1. The fourth-order valence-corrected chi connectivity index (χ4v) is 6.82. The van der Waals surface area contributed by atoms with Crippen molar-refractivity contribution in [1.82, 2.24) is 20.4 Å². The number of piperidine rings is 2. The first-order chi connectivity index (χ1) is 15.9. The van der Waals surface area contributed by atoms with Gasteiger partial charge >= 0.3 is 6.03 Å². The lowest BCUT2D eigenvalue weighted by molar-refractivity contribution is -0.136. The third-order valence-corrected chi connectivity index (χ3v) is 8.64. The minimum Gasteiger partial charge on any atom is -0.389 e. The molecular weight excluding hydrogens is 436 g/mol. The summed E-state index contributed by atoms with van der Waals surface area (Å²) in [4.78, 5) is 31.7. The second-order valence-electron chi connectivity index (χ2n) is 9.78. The number of urea groups is 1. The Morgan fingerprint density at radius 3 is 2.79 bits per heavy atom. The van der Waals surface area contributed by atoms with Crippen molar-refractivity contribution in [1.29, 1.82) is 5.26 Å². The summed E-state index contributed by atoms with van der Waals surface area (Å²) in [5, 5.41) is 16.6. The molecule has 2 aliphatic heterocycles. The van der Waals surface area contributed by atoms with Crippen LogP contribution in [0.15, 0.2) is 0 Å². The SMILES string of the molecule is CCCCN(C(=O)NC1CCNCC1)C(=O)[C@@H]1C[C@@H]2Cc3c(sc(N)c3C#N)C[C@H]2N(C)C1. The second kappa shape index (κ2) is 10.4. The van der Waals surface area contributed by atoms with E-state index in [0.29, 0.717) is 29.7 Å². The summed E-state index contributed by atoms with van der Waals surface area (Å²) < 4.78 is 0. The highest BCUT2D eigenvalue weighted by molar-refractivity contribution is 7.16. The molecule has 0 bridgehead atoms. The molecule has 9 heteroatoms. The Morgan fingerprint density at radius 2 is 2.09 bits per heavy atom. The number of likely N-dealkylation sites (N-methyl/N-ethyl adjacent to an activating group) is 1. The Balaban J connectivity index is 1.48. The molecule has 0 saturated carbocycles. The number of imide groups is 1. The van der Waals surface area contributed by atoms with E-state index >= 15 is 0 Å². The Kier molecular flexibility index (Phi) is 7.57. The van der Waals surface area contributed by atoms with Crippen LogP contribution in [-0.4, -0.2) is 67.0 Å². The summed E-state index contributed by atoms with van der Waals surface area (Å²) >= 11 is 1.54. The summed E-state index contributed by atoms with van der Waals surface area (Å²) in [5.74, 6) is 0.0121. The number of anilines is 1. The van der Waals surface area contributed by atoms with Crippen molar-refractivity contribution in [3.63, 3.8) is 0 Å². The lowest BCUT2D eigenvalue weighted by Crippen LogP contribution is -2.56. The third kappa shape index (κ3) is 5.03. The average molecular weight is 473 g/mol. The lowest BCUT2D eigenvalue weighted by atomic mass is 9.74. The van der Waals surface area contributed by atoms with Crippen LogP contribution in [0.3, 0.4) is 0 Å². The van der Waals surface area contributed by atoms with Gasteiger partial charge in [-0.15, -0.1) is 11.3 Å². The van der Waals surface area contributed by atoms with Crippen LogP contribution in [0.25, 0.3) is 0 Å². The first kappa shape index (κ1) is 24.0. The summed E-state index contributed by atoms with van der Waals surface area (Å²) in [6.45, 7) is 4.98. The van der Waals surface area contributed by atoms with E-state index in [1.807, 2.05) is 0 Å². The minimum absolute atomic E-state index is 0.0590. The first-order valence-electron chi connectivity index (χ1n) is 12.3. The number of nitrogens with zero attached hydrogens (tertiary/aromatic N) is 3. The molecule has 1 aromatic rings. The summed E-state index contributed by atoms with van der Waals surface area (Å²) in [6.07, 6.45) is 5.93. The van der Waals surface area contributed by atoms with Crippen molar-refractivity contribution < 1.29 is 9.59 Å². The largest absolute Gasteiger partial charge is 0.389 e. The van der Waals surface area contributed by atoms with Crippen LogP contribution in [0.5, 0.6) is 0 Å². The van der Waals surface area contributed by atoms with Gasteiger partial charge in [-0.25, -0.2) is 4.79 Å². The van der Waals surface area contributed by atoms with E-state index in [1.165, 1.54) is 21.1 Å². The quantitative estimate of drug-likeness (QED) is 0.606. The smallest absolute Gasteiger partial charge is 0.324 e. The van der Waals surface area contributed by atoms with Crippen molar-refractivity contribution in [2.45, 2.75) is 64.0 Å². The zero-order valence-corrected chi connectivity index (χ0v) is 20.5. The molecule has 0 aromatic carbocycles. The van der Waals surface area contributed by atoms with Crippen LogP contribution in [0.2, 0.25) is 0 Å². The number of hydrogen-bond donors (Lipinski definition) is 3. The van der Waals surface area contributed by atoms with Crippen molar-refractivity contribution >= 4 is 28.3 Å².